The first-order chi connectivity index (χ1) is 9.10. The van der Waals surface area contributed by atoms with Crippen molar-refractivity contribution in [2.45, 2.75) is 0 Å². The second-order valence-electron chi connectivity index (χ2n) is 3.67. The Morgan fingerprint density at radius 1 is 1.37 bits per heavy atom. The Kier molecular flexibility index (Phi) is 3.97. The number of pyridine rings is 1. The Balaban J connectivity index is 2.18. The third-order valence-electron chi connectivity index (χ3n) is 2.38. The summed E-state index contributed by atoms with van der Waals surface area (Å²) in [6.45, 7) is 0. The van der Waals surface area contributed by atoms with Crippen LogP contribution in [0.15, 0.2) is 36.5 Å². The van der Waals surface area contributed by atoms with Crippen molar-refractivity contribution in [1.82, 2.24) is 4.98 Å². The third-order valence-corrected chi connectivity index (χ3v) is 2.61. The molecule has 0 aliphatic heterocycles. The molecular formula is C13H10ClFN2O2. The number of halogens is 2. The SMILES string of the molecule is COc1ccc(NC(=O)c2cc(Cl)ccc2F)cn1. The Hall–Kier alpha value is -2.14. The monoisotopic (exact) mass is 280 g/mol. The fourth-order valence-electron chi connectivity index (χ4n) is 1.44. The largest absolute Gasteiger partial charge is 0.481 e. The lowest BCUT2D eigenvalue weighted by Gasteiger charge is -2.06. The number of anilines is 1. The van der Waals surface area contributed by atoms with E-state index in [1.165, 1.54) is 25.4 Å². The summed E-state index contributed by atoms with van der Waals surface area (Å²) in [5, 5.41) is 2.81. The van der Waals surface area contributed by atoms with E-state index >= 15 is 0 Å². The average Bonchev–Trinajstić information content (AvgIpc) is 2.42. The molecule has 1 aromatic heterocycles. The maximum absolute atomic E-state index is 13.5. The fourth-order valence-corrected chi connectivity index (χ4v) is 1.62. The van der Waals surface area contributed by atoms with Crippen LogP contribution in [-0.4, -0.2) is 18.0 Å². The predicted molar refractivity (Wildman–Crippen MR) is 70.2 cm³/mol. The number of nitrogens with zero attached hydrogens (tertiary/aromatic N) is 1. The smallest absolute Gasteiger partial charge is 0.258 e. The number of methoxy groups -OCH3 is 1. The van der Waals surface area contributed by atoms with Crippen LogP contribution in [0.3, 0.4) is 0 Å². The molecule has 0 spiro atoms. The van der Waals surface area contributed by atoms with Crippen LogP contribution in [0.2, 0.25) is 5.02 Å². The van der Waals surface area contributed by atoms with E-state index < -0.39 is 11.7 Å². The van der Waals surface area contributed by atoms with Gasteiger partial charge in [-0.05, 0) is 24.3 Å². The van der Waals surface area contributed by atoms with E-state index in [-0.39, 0.29) is 5.56 Å². The van der Waals surface area contributed by atoms with Gasteiger partial charge >= 0.3 is 0 Å². The first-order valence-corrected chi connectivity index (χ1v) is 5.74. The van der Waals surface area contributed by atoms with E-state index in [0.29, 0.717) is 16.6 Å². The molecule has 4 nitrogen and oxygen atoms in total. The van der Waals surface area contributed by atoms with Crippen molar-refractivity contribution in [2.75, 3.05) is 12.4 Å². The summed E-state index contributed by atoms with van der Waals surface area (Å²) in [7, 11) is 1.49. The van der Waals surface area contributed by atoms with Gasteiger partial charge in [0.2, 0.25) is 5.88 Å². The molecule has 0 atom stereocenters. The van der Waals surface area contributed by atoms with Gasteiger partial charge in [-0.1, -0.05) is 11.6 Å². The van der Waals surface area contributed by atoms with Crippen molar-refractivity contribution in [1.29, 1.82) is 0 Å². The molecule has 0 saturated heterocycles. The first-order valence-electron chi connectivity index (χ1n) is 5.36. The highest BCUT2D eigenvalue weighted by Gasteiger charge is 2.12. The number of hydrogen-bond donors (Lipinski definition) is 1. The molecule has 1 amide bonds. The maximum atomic E-state index is 13.5. The zero-order valence-electron chi connectivity index (χ0n) is 9.98. The predicted octanol–water partition coefficient (Wildman–Crippen LogP) is 3.14. The molecule has 0 saturated carbocycles. The highest BCUT2D eigenvalue weighted by molar-refractivity contribution is 6.31. The minimum absolute atomic E-state index is 0.122. The summed E-state index contributed by atoms with van der Waals surface area (Å²) in [6.07, 6.45) is 1.42. The number of nitrogens with one attached hydrogen (secondary N) is 1. The molecule has 2 rings (SSSR count). The minimum atomic E-state index is -0.636. The van der Waals surface area contributed by atoms with Crippen molar-refractivity contribution < 1.29 is 13.9 Å². The molecule has 1 aromatic carbocycles. The van der Waals surface area contributed by atoms with Crippen LogP contribution in [0.5, 0.6) is 5.88 Å². The number of rotatable bonds is 3. The van der Waals surface area contributed by atoms with Crippen molar-refractivity contribution in [3.63, 3.8) is 0 Å². The summed E-state index contributed by atoms with van der Waals surface area (Å²) in [6, 6.07) is 6.98. The number of amides is 1. The molecule has 6 heteroatoms. The minimum Gasteiger partial charge on any atom is -0.481 e. The molecule has 0 unspecified atom stereocenters. The van der Waals surface area contributed by atoms with Gasteiger partial charge in [0, 0.05) is 11.1 Å². The van der Waals surface area contributed by atoms with Crippen molar-refractivity contribution in [3.8, 4) is 5.88 Å². The quantitative estimate of drug-likeness (QED) is 0.940. The van der Waals surface area contributed by atoms with E-state index in [1.807, 2.05) is 0 Å². The van der Waals surface area contributed by atoms with Crippen LogP contribution >= 0.6 is 11.6 Å². The van der Waals surface area contributed by atoms with Gasteiger partial charge < -0.3 is 10.1 Å². The summed E-state index contributed by atoms with van der Waals surface area (Å²) in [5.41, 5.74) is 0.313. The molecule has 2 aromatic rings. The zero-order valence-corrected chi connectivity index (χ0v) is 10.7. The first kappa shape index (κ1) is 13.3. The summed E-state index contributed by atoms with van der Waals surface area (Å²) < 4.78 is 18.4. The van der Waals surface area contributed by atoms with Crippen LogP contribution < -0.4 is 10.1 Å². The van der Waals surface area contributed by atoms with Gasteiger partial charge in [-0.2, -0.15) is 0 Å². The van der Waals surface area contributed by atoms with E-state index in [0.717, 1.165) is 6.07 Å². The molecule has 1 N–H and O–H groups in total. The topological polar surface area (TPSA) is 51.2 Å². The number of carbonyl (C=O) groups is 1. The Morgan fingerprint density at radius 2 is 2.16 bits per heavy atom. The van der Waals surface area contributed by atoms with Crippen LogP contribution in [0, 0.1) is 5.82 Å². The molecule has 98 valence electrons. The van der Waals surface area contributed by atoms with E-state index in [1.54, 1.807) is 12.1 Å². The van der Waals surface area contributed by atoms with Gasteiger partial charge in [-0.15, -0.1) is 0 Å². The fraction of sp³-hybridized carbons (Fsp3) is 0.0769. The lowest BCUT2D eigenvalue weighted by Crippen LogP contribution is -2.13. The Labute approximate surface area is 114 Å². The van der Waals surface area contributed by atoms with Gasteiger partial charge in [0.1, 0.15) is 5.82 Å². The zero-order chi connectivity index (χ0) is 13.8. The number of aromatic nitrogens is 1. The lowest BCUT2D eigenvalue weighted by molar-refractivity contribution is 0.102. The van der Waals surface area contributed by atoms with Gasteiger partial charge in [-0.3, -0.25) is 4.79 Å². The Morgan fingerprint density at radius 3 is 2.79 bits per heavy atom. The highest BCUT2D eigenvalue weighted by atomic mass is 35.5. The van der Waals surface area contributed by atoms with Crippen molar-refractivity contribution in [3.05, 3.63) is 52.9 Å². The van der Waals surface area contributed by atoms with Crippen LogP contribution in [-0.2, 0) is 0 Å². The average molecular weight is 281 g/mol. The summed E-state index contributed by atoms with van der Waals surface area (Å²) in [4.78, 5) is 15.8. The Bertz CT molecular complexity index is 602. The molecule has 0 aliphatic rings. The summed E-state index contributed by atoms with van der Waals surface area (Å²) >= 11 is 5.73. The third kappa shape index (κ3) is 3.20. The molecule has 0 bridgehead atoms. The number of benzene rings is 1. The maximum Gasteiger partial charge on any atom is 0.258 e. The molecule has 0 fully saturated rings. The second-order valence-corrected chi connectivity index (χ2v) is 4.10. The van der Waals surface area contributed by atoms with Crippen LogP contribution in [0.25, 0.3) is 0 Å². The number of hydrogen-bond acceptors (Lipinski definition) is 3. The van der Waals surface area contributed by atoms with E-state index in [4.69, 9.17) is 16.3 Å². The van der Waals surface area contributed by atoms with E-state index in [9.17, 15) is 9.18 Å². The van der Waals surface area contributed by atoms with Gasteiger partial charge in [-0.25, -0.2) is 9.37 Å². The van der Waals surface area contributed by atoms with Gasteiger partial charge in [0.05, 0.1) is 24.6 Å². The van der Waals surface area contributed by atoms with Crippen molar-refractivity contribution in [2.24, 2.45) is 0 Å². The molecule has 0 radical (unpaired) electrons. The standard InChI is InChI=1S/C13H10ClFN2O2/c1-19-12-5-3-9(7-16-12)17-13(18)10-6-8(14)2-4-11(10)15/h2-7H,1H3,(H,17,18). The number of ether oxygens (including phenoxy) is 1. The van der Waals surface area contributed by atoms with Crippen LogP contribution in [0.4, 0.5) is 10.1 Å². The molecular weight excluding hydrogens is 271 g/mol. The summed E-state index contributed by atoms with van der Waals surface area (Å²) in [5.74, 6) is -0.803. The normalized spacial score (nSPS) is 10.1. The van der Waals surface area contributed by atoms with Crippen molar-refractivity contribution >= 4 is 23.2 Å². The second kappa shape index (κ2) is 5.67. The molecule has 0 aliphatic carbocycles. The number of carbonyl (C=O) groups excluding carboxylic acids is 1. The van der Waals surface area contributed by atoms with Gasteiger partial charge in [0.15, 0.2) is 0 Å². The molecule has 1 heterocycles. The van der Waals surface area contributed by atoms with Gasteiger partial charge in [0.25, 0.3) is 5.91 Å². The van der Waals surface area contributed by atoms with Crippen LogP contribution in [0.1, 0.15) is 10.4 Å². The van der Waals surface area contributed by atoms with E-state index in [2.05, 4.69) is 10.3 Å². The lowest BCUT2D eigenvalue weighted by atomic mass is 10.2. The molecule has 19 heavy (non-hydrogen) atoms. The highest BCUT2D eigenvalue weighted by Crippen LogP contribution is 2.17.